The van der Waals surface area contributed by atoms with E-state index < -0.39 is 0 Å². The van der Waals surface area contributed by atoms with Gasteiger partial charge in [-0.2, -0.15) is 0 Å². The van der Waals surface area contributed by atoms with Crippen LogP contribution in [-0.2, 0) is 12.8 Å². The van der Waals surface area contributed by atoms with Crippen molar-refractivity contribution in [3.63, 3.8) is 0 Å². The van der Waals surface area contributed by atoms with E-state index in [0.29, 0.717) is 5.92 Å². The van der Waals surface area contributed by atoms with Gasteiger partial charge in [0.2, 0.25) is 0 Å². The van der Waals surface area contributed by atoms with Crippen LogP contribution in [0.15, 0.2) is 29.6 Å². The molecular weight excluding hydrogens is 259 g/mol. The van der Waals surface area contributed by atoms with Gasteiger partial charge in [0, 0.05) is 11.9 Å². The Kier molecular flexibility index (Phi) is 4.91. The number of halogens is 1. The predicted octanol–water partition coefficient (Wildman–Crippen LogP) is 4.14. The lowest BCUT2D eigenvalue weighted by atomic mass is 10.1. The molecule has 102 valence electrons. The van der Waals surface area contributed by atoms with E-state index in [-0.39, 0.29) is 5.82 Å². The van der Waals surface area contributed by atoms with Crippen LogP contribution < -0.4 is 5.32 Å². The van der Waals surface area contributed by atoms with Crippen LogP contribution >= 0.6 is 11.3 Å². The predicted molar refractivity (Wildman–Crippen MR) is 79.2 cm³/mol. The summed E-state index contributed by atoms with van der Waals surface area (Å²) in [6.45, 7) is 5.21. The number of thiazole rings is 1. The van der Waals surface area contributed by atoms with Gasteiger partial charge in [-0.25, -0.2) is 9.37 Å². The van der Waals surface area contributed by atoms with Crippen molar-refractivity contribution in [1.29, 1.82) is 0 Å². The molecule has 1 heterocycles. The van der Waals surface area contributed by atoms with Crippen LogP contribution in [0.2, 0.25) is 0 Å². The highest BCUT2D eigenvalue weighted by atomic mass is 32.1. The Morgan fingerprint density at radius 3 is 2.68 bits per heavy atom. The molecule has 2 rings (SSSR count). The van der Waals surface area contributed by atoms with Gasteiger partial charge in [-0.1, -0.05) is 26.0 Å². The topological polar surface area (TPSA) is 24.9 Å². The van der Waals surface area contributed by atoms with Crippen LogP contribution in [0.4, 0.5) is 9.52 Å². The average Bonchev–Trinajstić information content (AvgIpc) is 2.78. The zero-order chi connectivity index (χ0) is 13.7. The van der Waals surface area contributed by atoms with Gasteiger partial charge in [0.15, 0.2) is 5.13 Å². The highest BCUT2D eigenvalue weighted by Gasteiger charge is 2.03. The summed E-state index contributed by atoms with van der Waals surface area (Å²) in [5.74, 6) is 0.448. The number of aromatic nitrogens is 1. The van der Waals surface area contributed by atoms with Crippen molar-refractivity contribution in [3.8, 4) is 0 Å². The Balaban J connectivity index is 1.79. The maximum absolute atomic E-state index is 12.8. The number of rotatable bonds is 6. The smallest absolute Gasteiger partial charge is 0.182 e. The van der Waals surface area contributed by atoms with Gasteiger partial charge in [0.1, 0.15) is 5.82 Å². The van der Waals surface area contributed by atoms with Gasteiger partial charge >= 0.3 is 0 Å². The minimum atomic E-state index is -0.185. The van der Waals surface area contributed by atoms with Crippen molar-refractivity contribution in [1.82, 2.24) is 4.98 Å². The Morgan fingerprint density at radius 2 is 2.00 bits per heavy atom. The van der Waals surface area contributed by atoms with Crippen LogP contribution in [0.5, 0.6) is 0 Å². The highest BCUT2D eigenvalue weighted by Crippen LogP contribution is 2.17. The maximum atomic E-state index is 12.8. The number of hydrogen-bond acceptors (Lipinski definition) is 3. The van der Waals surface area contributed by atoms with E-state index in [4.69, 9.17) is 0 Å². The first-order valence-electron chi connectivity index (χ1n) is 6.56. The van der Waals surface area contributed by atoms with E-state index in [1.54, 1.807) is 11.3 Å². The molecule has 2 nitrogen and oxygen atoms in total. The molecule has 0 fully saturated rings. The quantitative estimate of drug-likeness (QED) is 0.859. The molecule has 0 aliphatic carbocycles. The van der Waals surface area contributed by atoms with E-state index in [9.17, 15) is 4.39 Å². The Morgan fingerprint density at radius 1 is 1.26 bits per heavy atom. The fourth-order valence-electron chi connectivity index (χ4n) is 1.87. The second kappa shape index (κ2) is 6.66. The molecule has 0 aliphatic rings. The molecule has 0 saturated carbocycles. The molecule has 1 aromatic heterocycles. The Bertz CT molecular complexity index is 505. The van der Waals surface area contributed by atoms with Gasteiger partial charge in [-0.05, 0) is 36.5 Å². The van der Waals surface area contributed by atoms with Crippen LogP contribution in [0, 0.1) is 11.7 Å². The largest absolute Gasteiger partial charge is 0.361 e. The Hall–Kier alpha value is -1.42. The summed E-state index contributed by atoms with van der Waals surface area (Å²) in [6.07, 6.45) is 1.90. The van der Waals surface area contributed by atoms with Gasteiger partial charge < -0.3 is 5.32 Å². The highest BCUT2D eigenvalue weighted by molar-refractivity contribution is 7.13. The van der Waals surface area contributed by atoms with Crippen LogP contribution in [0.25, 0.3) is 0 Å². The van der Waals surface area contributed by atoms with Gasteiger partial charge in [0.05, 0.1) is 5.69 Å². The van der Waals surface area contributed by atoms with E-state index in [0.717, 1.165) is 35.8 Å². The van der Waals surface area contributed by atoms with Crippen molar-refractivity contribution in [2.45, 2.75) is 26.7 Å². The minimum absolute atomic E-state index is 0.185. The molecule has 0 amide bonds. The second-order valence-electron chi connectivity index (χ2n) is 5.05. The second-order valence-corrected chi connectivity index (χ2v) is 5.90. The standard InChI is InChI=1S/C15H19FN2S/c1-11(2)9-14-10-19-15(18-14)17-8-7-12-3-5-13(16)6-4-12/h3-6,10-11H,7-9H2,1-2H3,(H,17,18). The van der Waals surface area contributed by atoms with Crippen LogP contribution in [0.1, 0.15) is 25.1 Å². The normalized spacial score (nSPS) is 10.9. The summed E-state index contributed by atoms with van der Waals surface area (Å²) in [6, 6.07) is 6.64. The monoisotopic (exact) mass is 278 g/mol. The molecule has 0 atom stereocenters. The van der Waals surface area contributed by atoms with Crippen molar-refractivity contribution < 1.29 is 4.39 Å². The maximum Gasteiger partial charge on any atom is 0.182 e. The first-order chi connectivity index (χ1) is 9.13. The SMILES string of the molecule is CC(C)Cc1csc(NCCc2ccc(F)cc2)n1. The number of anilines is 1. The third-order valence-corrected chi connectivity index (χ3v) is 3.62. The molecule has 0 spiro atoms. The summed E-state index contributed by atoms with van der Waals surface area (Å²) in [4.78, 5) is 4.54. The summed E-state index contributed by atoms with van der Waals surface area (Å²) in [7, 11) is 0. The van der Waals surface area contributed by atoms with E-state index in [1.807, 2.05) is 12.1 Å². The fourth-order valence-corrected chi connectivity index (χ4v) is 2.62. The fraction of sp³-hybridized carbons (Fsp3) is 0.400. The van der Waals surface area contributed by atoms with Crippen molar-refractivity contribution in [3.05, 3.63) is 46.7 Å². The summed E-state index contributed by atoms with van der Waals surface area (Å²) < 4.78 is 12.8. The minimum Gasteiger partial charge on any atom is -0.361 e. The van der Waals surface area contributed by atoms with Crippen molar-refractivity contribution in [2.24, 2.45) is 5.92 Å². The lowest BCUT2D eigenvalue weighted by molar-refractivity contribution is 0.627. The molecule has 0 saturated heterocycles. The first kappa shape index (κ1) is 14.0. The molecule has 1 aromatic carbocycles. The summed E-state index contributed by atoms with van der Waals surface area (Å²) in [5, 5.41) is 6.40. The molecule has 4 heteroatoms. The number of benzene rings is 1. The summed E-state index contributed by atoms with van der Waals surface area (Å²) >= 11 is 1.65. The Labute approximate surface area is 117 Å². The van der Waals surface area contributed by atoms with E-state index in [2.05, 4.69) is 29.5 Å². The number of nitrogens with zero attached hydrogens (tertiary/aromatic N) is 1. The van der Waals surface area contributed by atoms with E-state index >= 15 is 0 Å². The first-order valence-corrected chi connectivity index (χ1v) is 7.44. The average molecular weight is 278 g/mol. The molecule has 2 aromatic rings. The van der Waals surface area contributed by atoms with E-state index in [1.165, 1.54) is 12.1 Å². The van der Waals surface area contributed by atoms with Crippen molar-refractivity contribution in [2.75, 3.05) is 11.9 Å². The van der Waals surface area contributed by atoms with Crippen molar-refractivity contribution >= 4 is 16.5 Å². The van der Waals surface area contributed by atoms with Crippen LogP contribution in [0.3, 0.4) is 0 Å². The number of nitrogens with one attached hydrogen (secondary N) is 1. The number of hydrogen-bond donors (Lipinski definition) is 1. The van der Waals surface area contributed by atoms with Gasteiger partial charge in [0.25, 0.3) is 0 Å². The van der Waals surface area contributed by atoms with Gasteiger partial charge in [-0.15, -0.1) is 11.3 Å². The molecule has 1 N–H and O–H groups in total. The molecule has 0 radical (unpaired) electrons. The molecule has 19 heavy (non-hydrogen) atoms. The van der Waals surface area contributed by atoms with Crippen LogP contribution in [-0.4, -0.2) is 11.5 Å². The zero-order valence-corrected chi connectivity index (χ0v) is 12.1. The summed E-state index contributed by atoms with van der Waals surface area (Å²) in [5.41, 5.74) is 2.29. The molecule has 0 aliphatic heterocycles. The van der Waals surface area contributed by atoms with Gasteiger partial charge in [-0.3, -0.25) is 0 Å². The third kappa shape index (κ3) is 4.63. The zero-order valence-electron chi connectivity index (χ0n) is 11.3. The lowest BCUT2D eigenvalue weighted by Gasteiger charge is -2.03. The molecule has 0 bridgehead atoms. The molecular formula is C15H19FN2S. The lowest BCUT2D eigenvalue weighted by Crippen LogP contribution is -2.05. The molecule has 0 unspecified atom stereocenters. The third-order valence-electron chi connectivity index (χ3n) is 2.77.